The molecule has 0 aromatic heterocycles. The van der Waals surface area contributed by atoms with E-state index < -0.39 is 6.09 Å². The molecular weight excluding hydrogens is 270 g/mol. The second-order valence-electron chi connectivity index (χ2n) is 5.43. The second-order valence-corrected chi connectivity index (χ2v) is 5.43. The molecule has 1 N–H and O–H groups in total. The Hall–Kier alpha value is -2.04. The Morgan fingerprint density at radius 1 is 0.952 bits per heavy atom. The number of hydrogen-bond acceptors (Lipinski definition) is 4. The van der Waals surface area contributed by atoms with Gasteiger partial charge in [0.05, 0.1) is 12.0 Å². The minimum Gasteiger partial charge on any atom is -0.458 e. The van der Waals surface area contributed by atoms with Crippen LogP contribution in [-0.4, -0.2) is 18.2 Å². The molecule has 1 atom stereocenters. The summed E-state index contributed by atoms with van der Waals surface area (Å²) in [4.78, 5) is 23.0. The van der Waals surface area contributed by atoms with Gasteiger partial charge >= 0.3 is 12.1 Å². The third-order valence-electron chi connectivity index (χ3n) is 2.73. The molecule has 0 aliphatic carbocycles. The van der Waals surface area contributed by atoms with Crippen LogP contribution in [0.1, 0.15) is 46.3 Å². The van der Waals surface area contributed by atoms with Crippen molar-refractivity contribution in [2.45, 2.75) is 46.8 Å². The molecule has 1 aromatic carbocycles. The normalized spacial score (nSPS) is 12.1. The third kappa shape index (κ3) is 5.85. The van der Waals surface area contributed by atoms with Crippen LogP contribution in [0.25, 0.3) is 0 Å². The zero-order valence-corrected chi connectivity index (χ0v) is 13.2. The number of anilines is 1. The fourth-order valence-corrected chi connectivity index (χ4v) is 1.58. The van der Waals surface area contributed by atoms with Gasteiger partial charge in [-0.2, -0.15) is 0 Å². The Kier molecular flexibility index (Phi) is 6.21. The number of rotatable bonds is 5. The Labute approximate surface area is 125 Å². The minimum atomic E-state index is -0.489. The van der Waals surface area contributed by atoms with Gasteiger partial charge in [-0.3, -0.25) is 10.1 Å². The number of carbonyl (C=O) groups is 2. The zero-order valence-electron chi connectivity index (χ0n) is 13.2. The number of carbonyl (C=O) groups excluding carboxylic acids is 2. The summed E-state index contributed by atoms with van der Waals surface area (Å²) in [7, 11) is 0. The topological polar surface area (TPSA) is 64.6 Å². The molecule has 1 aromatic rings. The molecule has 0 aliphatic rings. The van der Waals surface area contributed by atoms with Crippen LogP contribution in [-0.2, 0) is 14.3 Å². The van der Waals surface area contributed by atoms with Gasteiger partial charge in [-0.05, 0) is 38.5 Å². The molecule has 0 saturated heterocycles. The maximum atomic E-state index is 11.5. The molecule has 1 unspecified atom stereocenters. The Bertz CT molecular complexity index is 480. The van der Waals surface area contributed by atoms with Crippen LogP contribution in [0.3, 0.4) is 0 Å². The van der Waals surface area contributed by atoms with Crippen molar-refractivity contribution in [1.29, 1.82) is 0 Å². The quantitative estimate of drug-likeness (QED) is 0.836. The number of hydrogen-bond donors (Lipinski definition) is 1. The third-order valence-corrected chi connectivity index (χ3v) is 2.73. The molecule has 116 valence electrons. The lowest BCUT2D eigenvalue weighted by molar-refractivity contribution is -0.152. The molecule has 1 amide bonds. The smallest absolute Gasteiger partial charge is 0.411 e. The van der Waals surface area contributed by atoms with Gasteiger partial charge < -0.3 is 9.47 Å². The lowest BCUT2D eigenvalue weighted by atomic mass is 10.1. The van der Waals surface area contributed by atoms with E-state index in [1.165, 1.54) is 0 Å². The standard InChI is InChI=1S/C16H23NO4/c1-10(2)15(18)21-12(5)13-6-8-14(9-7-13)17-16(19)20-11(3)4/h6-12H,1-5H3,(H,17,19). The molecule has 0 fully saturated rings. The summed E-state index contributed by atoms with van der Waals surface area (Å²) in [6, 6.07) is 7.11. The van der Waals surface area contributed by atoms with Crippen LogP contribution in [0.4, 0.5) is 10.5 Å². The lowest BCUT2D eigenvalue weighted by Gasteiger charge is -2.16. The van der Waals surface area contributed by atoms with E-state index in [4.69, 9.17) is 9.47 Å². The predicted molar refractivity (Wildman–Crippen MR) is 81.0 cm³/mol. The van der Waals surface area contributed by atoms with Crippen molar-refractivity contribution in [3.05, 3.63) is 29.8 Å². The molecular formula is C16H23NO4. The molecule has 0 saturated carbocycles. The van der Waals surface area contributed by atoms with E-state index in [0.717, 1.165) is 5.56 Å². The van der Waals surface area contributed by atoms with Gasteiger partial charge in [0.25, 0.3) is 0 Å². The van der Waals surface area contributed by atoms with E-state index >= 15 is 0 Å². The monoisotopic (exact) mass is 293 g/mol. The number of nitrogens with one attached hydrogen (secondary N) is 1. The summed E-state index contributed by atoms with van der Waals surface area (Å²) in [5, 5.41) is 2.63. The summed E-state index contributed by atoms with van der Waals surface area (Å²) in [6.45, 7) is 8.97. The zero-order chi connectivity index (χ0) is 16.0. The van der Waals surface area contributed by atoms with Crippen LogP contribution in [0.15, 0.2) is 24.3 Å². The van der Waals surface area contributed by atoms with Crippen molar-refractivity contribution in [3.63, 3.8) is 0 Å². The molecule has 1 rings (SSSR count). The predicted octanol–water partition coefficient (Wildman–Crippen LogP) is 3.90. The highest BCUT2D eigenvalue weighted by molar-refractivity contribution is 5.84. The van der Waals surface area contributed by atoms with Gasteiger partial charge in [-0.15, -0.1) is 0 Å². The van der Waals surface area contributed by atoms with E-state index in [1.807, 2.05) is 19.1 Å². The van der Waals surface area contributed by atoms with Crippen LogP contribution < -0.4 is 5.32 Å². The second kappa shape index (κ2) is 7.67. The van der Waals surface area contributed by atoms with Crippen LogP contribution in [0.2, 0.25) is 0 Å². The average molecular weight is 293 g/mol. The SMILES string of the molecule is CC(C)OC(=O)Nc1ccc(C(C)OC(=O)C(C)C)cc1. The molecule has 21 heavy (non-hydrogen) atoms. The first-order valence-electron chi connectivity index (χ1n) is 7.07. The molecule has 0 radical (unpaired) electrons. The summed E-state index contributed by atoms with van der Waals surface area (Å²) in [6.07, 6.45) is -0.978. The summed E-state index contributed by atoms with van der Waals surface area (Å²) in [5.74, 6) is -0.385. The van der Waals surface area contributed by atoms with Gasteiger partial charge in [-0.25, -0.2) is 4.79 Å². The van der Waals surface area contributed by atoms with Crippen LogP contribution in [0.5, 0.6) is 0 Å². The van der Waals surface area contributed by atoms with Crippen molar-refractivity contribution >= 4 is 17.7 Å². The Balaban J connectivity index is 2.61. The average Bonchev–Trinajstić information content (AvgIpc) is 2.38. The van der Waals surface area contributed by atoms with Crippen molar-refractivity contribution in [2.24, 2.45) is 5.92 Å². The molecule has 0 aliphatic heterocycles. The van der Waals surface area contributed by atoms with Gasteiger partial charge in [0, 0.05) is 5.69 Å². The Morgan fingerprint density at radius 3 is 2.00 bits per heavy atom. The minimum absolute atomic E-state index is 0.154. The highest BCUT2D eigenvalue weighted by Crippen LogP contribution is 2.20. The highest BCUT2D eigenvalue weighted by Gasteiger charge is 2.14. The van der Waals surface area contributed by atoms with Crippen molar-refractivity contribution in [3.8, 4) is 0 Å². The molecule has 0 heterocycles. The van der Waals surface area contributed by atoms with Gasteiger partial charge in [0.15, 0.2) is 0 Å². The van der Waals surface area contributed by atoms with Gasteiger partial charge in [0.2, 0.25) is 0 Å². The first-order chi connectivity index (χ1) is 9.79. The van der Waals surface area contributed by atoms with E-state index in [9.17, 15) is 9.59 Å². The van der Waals surface area contributed by atoms with E-state index in [1.54, 1.807) is 39.8 Å². The Morgan fingerprint density at radius 2 is 1.52 bits per heavy atom. The van der Waals surface area contributed by atoms with E-state index in [0.29, 0.717) is 5.69 Å². The summed E-state index contributed by atoms with van der Waals surface area (Å²) >= 11 is 0. The van der Waals surface area contributed by atoms with Crippen molar-refractivity contribution in [1.82, 2.24) is 0 Å². The first kappa shape index (κ1) is 17.0. The van der Waals surface area contributed by atoms with Crippen LogP contribution >= 0.6 is 0 Å². The maximum absolute atomic E-state index is 11.5. The molecule has 0 bridgehead atoms. The van der Waals surface area contributed by atoms with Gasteiger partial charge in [-0.1, -0.05) is 26.0 Å². The number of esters is 1. The fourth-order valence-electron chi connectivity index (χ4n) is 1.58. The first-order valence-corrected chi connectivity index (χ1v) is 7.07. The van der Waals surface area contributed by atoms with E-state index in [2.05, 4.69) is 5.32 Å². The van der Waals surface area contributed by atoms with Crippen LogP contribution in [0, 0.1) is 5.92 Å². The number of ether oxygens (including phenoxy) is 2. The summed E-state index contributed by atoms with van der Waals surface area (Å²) < 4.78 is 10.3. The summed E-state index contributed by atoms with van der Waals surface area (Å²) in [5.41, 5.74) is 1.50. The number of amides is 1. The van der Waals surface area contributed by atoms with E-state index in [-0.39, 0.29) is 24.1 Å². The fraction of sp³-hybridized carbons (Fsp3) is 0.500. The highest BCUT2D eigenvalue weighted by atomic mass is 16.6. The lowest BCUT2D eigenvalue weighted by Crippen LogP contribution is -2.18. The number of benzene rings is 1. The largest absolute Gasteiger partial charge is 0.458 e. The molecule has 5 nitrogen and oxygen atoms in total. The van der Waals surface area contributed by atoms with Crippen molar-refractivity contribution in [2.75, 3.05) is 5.32 Å². The maximum Gasteiger partial charge on any atom is 0.411 e. The van der Waals surface area contributed by atoms with Crippen molar-refractivity contribution < 1.29 is 19.1 Å². The molecule has 0 spiro atoms. The molecule has 5 heteroatoms. The van der Waals surface area contributed by atoms with Gasteiger partial charge in [0.1, 0.15) is 6.10 Å².